The third-order valence-corrected chi connectivity index (χ3v) is 4.24. The fourth-order valence-electron chi connectivity index (χ4n) is 2.86. The number of hydrazine groups is 1. The normalized spacial score (nSPS) is 15.0. The quantitative estimate of drug-likeness (QED) is 0.739. The summed E-state index contributed by atoms with van der Waals surface area (Å²) in [6.07, 6.45) is 5.03. The number of piperazine rings is 1. The van der Waals surface area contributed by atoms with Crippen molar-refractivity contribution in [3.63, 3.8) is 0 Å². The summed E-state index contributed by atoms with van der Waals surface area (Å²) in [5, 5.41) is 1.91. The number of amides is 1. The van der Waals surface area contributed by atoms with Crippen molar-refractivity contribution in [3.05, 3.63) is 60.7 Å². The standard InChI is InChI=1S/C18H19N7O/c26-17(15-13-21-16(22-15)14-5-2-1-3-6-14)23-25-11-9-24(10-12-25)18-19-7-4-8-20-18/h1-8,13H,9-12H2,(H,21,22)(H,23,26). The lowest BCUT2D eigenvalue weighted by Crippen LogP contribution is -2.54. The van der Waals surface area contributed by atoms with Gasteiger partial charge in [-0.05, 0) is 6.07 Å². The summed E-state index contributed by atoms with van der Waals surface area (Å²) in [5.74, 6) is 1.21. The van der Waals surface area contributed by atoms with E-state index in [1.165, 1.54) is 0 Å². The number of carbonyl (C=O) groups excluding carboxylic acids is 1. The van der Waals surface area contributed by atoms with Gasteiger partial charge in [-0.25, -0.2) is 20.0 Å². The van der Waals surface area contributed by atoms with Crippen LogP contribution in [0.4, 0.5) is 5.95 Å². The van der Waals surface area contributed by atoms with E-state index in [2.05, 4.69) is 30.3 Å². The van der Waals surface area contributed by atoms with E-state index in [9.17, 15) is 4.79 Å². The molecule has 1 amide bonds. The van der Waals surface area contributed by atoms with Gasteiger partial charge in [0.1, 0.15) is 11.5 Å². The van der Waals surface area contributed by atoms with Gasteiger partial charge in [-0.2, -0.15) is 0 Å². The molecule has 4 rings (SSSR count). The minimum Gasteiger partial charge on any atom is -0.338 e. The Morgan fingerprint density at radius 1 is 0.962 bits per heavy atom. The smallest absolute Gasteiger partial charge is 0.283 e. The number of H-pyrrole nitrogens is 1. The molecule has 0 spiro atoms. The molecular weight excluding hydrogens is 330 g/mol. The third-order valence-electron chi connectivity index (χ3n) is 4.24. The molecule has 0 saturated carbocycles. The van der Waals surface area contributed by atoms with Crippen molar-refractivity contribution < 1.29 is 4.79 Å². The number of nitrogens with zero attached hydrogens (tertiary/aromatic N) is 5. The van der Waals surface area contributed by atoms with E-state index >= 15 is 0 Å². The van der Waals surface area contributed by atoms with E-state index in [1.807, 2.05) is 35.3 Å². The molecular formula is C18H19N7O. The molecule has 8 heteroatoms. The third kappa shape index (κ3) is 3.55. The van der Waals surface area contributed by atoms with Crippen LogP contribution in [0.1, 0.15) is 10.5 Å². The van der Waals surface area contributed by atoms with Crippen LogP contribution in [0.3, 0.4) is 0 Å². The minimum absolute atomic E-state index is 0.191. The topological polar surface area (TPSA) is 90.0 Å². The van der Waals surface area contributed by atoms with Crippen LogP contribution in [0.2, 0.25) is 0 Å². The van der Waals surface area contributed by atoms with Gasteiger partial charge in [-0.1, -0.05) is 30.3 Å². The first kappa shape index (κ1) is 16.2. The second-order valence-corrected chi connectivity index (χ2v) is 5.98. The van der Waals surface area contributed by atoms with E-state index in [-0.39, 0.29) is 5.91 Å². The molecule has 1 fully saturated rings. The summed E-state index contributed by atoms with van der Waals surface area (Å²) in [6, 6.07) is 11.5. The first-order valence-corrected chi connectivity index (χ1v) is 8.48. The van der Waals surface area contributed by atoms with Gasteiger partial charge in [-0.15, -0.1) is 0 Å². The highest BCUT2D eigenvalue weighted by Crippen LogP contribution is 2.15. The molecule has 1 aromatic carbocycles. The monoisotopic (exact) mass is 349 g/mol. The Morgan fingerprint density at radius 3 is 2.42 bits per heavy atom. The Labute approximate surface area is 150 Å². The SMILES string of the molecule is O=C(NN1CCN(c2ncccn2)CC1)c1cnc(-c2ccccc2)[nH]1. The fraction of sp³-hybridized carbons (Fsp3) is 0.222. The lowest BCUT2D eigenvalue weighted by molar-refractivity contribution is 0.0772. The number of rotatable bonds is 4. The van der Waals surface area contributed by atoms with Gasteiger partial charge in [0.15, 0.2) is 0 Å². The number of nitrogens with one attached hydrogen (secondary N) is 2. The number of imidazole rings is 1. The molecule has 0 radical (unpaired) electrons. The van der Waals surface area contributed by atoms with Gasteiger partial charge < -0.3 is 9.88 Å². The van der Waals surface area contributed by atoms with Crippen LogP contribution in [0.15, 0.2) is 55.0 Å². The molecule has 1 aliphatic rings. The number of hydrogen-bond donors (Lipinski definition) is 2. The molecule has 0 unspecified atom stereocenters. The lowest BCUT2D eigenvalue weighted by atomic mass is 10.2. The molecule has 3 heterocycles. The summed E-state index contributed by atoms with van der Waals surface area (Å²) >= 11 is 0. The summed E-state index contributed by atoms with van der Waals surface area (Å²) in [6.45, 7) is 2.90. The highest BCUT2D eigenvalue weighted by Gasteiger charge is 2.21. The Balaban J connectivity index is 1.34. The van der Waals surface area contributed by atoms with Crippen molar-refractivity contribution in [2.24, 2.45) is 0 Å². The lowest BCUT2D eigenvalue weighted by Gasteiger charge is -2.34. The van der Waals surface area contributed by atoms with Crippen LogP contribution in [0, 0.1) is 0 Å². The van der Waals surface area contributed by atoms with Crippen molar-refractivity contribution in [1.82, 2.24) is 30.4 Å². The number of hydrogen-bond acceptors (Lipinski definition) is 6. The first-order chi connectivity index (χ1) is 12.8. The summed E-state index contributed by atoms with van der Waals surface area (Å²) in [5.41, 5.74) is 4.32. The average Bonchev–Trinajstić information content (AvgIpc) is 3.20. The van der Waals surface area contributed by atoms with Crippen molar-refractivity contribution in [2.75, 3.05) is 31.1 Å². The van der Waals surface area contributed by atoms with E-state index < -0.39 is 0 Å². The van der Waals surface area contributed by atoms with Gasteiger partial charge >= 0.3 is 0 Å². The maximum atomic E-state index is 12.4. The number of anilines is 1. The molecule has 2 aromatic heterocycles. The van der Waals surface area contributed by atoms with Gasteiger partial charge in [0.05, 0.1) is 6.20 Å². The summed E-state index contributed by atoms with van der Waals surface area (Å²) in [4.78, 5) is 30.4. The Bertz CT molecular complexity index is 858. The van der Waals surface area contributed by atoms with E-state index in [0.717, 1.165) is 24.6 Å². The highest BCUT2D eigenvalue weighted by molar-refractivity contribution is 5.92. The predicted octanol–water partition coefficient (Wildman–Crippen LogP) is 1.33. The number of benzene rings is 1. The number of carbonyl (C=O) groups is 1. The number of aromatic nitrogens is 4. The molecule has 2 N–H and O–H groups in total. The van der Waals surface area contributed by atoms with Crippen LogP contribution in [0.5, 0.6) is 0 Å². The molecule has 132 valence electrons. The highest BCUT2D eigenvalue weighted by atomic mass is 16.2. The minimum atomic E-state index is -0.191. The van der Waals surface area contributed by atoms with E-state index in [4.69, 9.17) is 0 Å². The zero-order valence-electron chi connectivity index (χ0n) is 14.2. The zero-order chi connectivity index (χ0) is 17.8. The second kappa shape index (κ2) is 7.32. The molecule has 3 aromatic rings. The maximum absolute atomic E-state index is 12.4. The van der Waals surface area contributed by atoms with Gasteiger partial charge in [0, 0.05) is 44.1 Å². The van der Waals surface area contributed by atoms with Crippen molar-refractivity contribution in [3.8, 4) is 11.4 Å². The Morgan fingerprint density at radius 2 is 1.69 bits per heavy atom. The molecule has 8 nitrogen and oxygen atoms in total. The number of aromatic amines is 1. The Hall–Kier alpha value is -3.26. The summed E-state index contributed by atoms with van der Waals surface area (Å²) in [7, 11) is 0. The van der Waals surface area contributed by atoms with Crippen molar-refractivity contribution in [1.29, 1.82) is 0 Å². The maximum Gasteiger partial charge on any atom is 0.283 e. The molecule has 0 atom stereocenters. The van der Waals surface area contributed by atoms with Crippen LogP contribution in [0.25, 0.3) is 11.4 Å². The molecule has 0 bridgehead atoms. The zero-order valence-corrected chi connectivity index (χ0v) is 14.2. The molecule has 1 saturated heterocycles. The predicted molar refractivity (Wildman–Crippen MR) is 97.3 cm³/mol. The molecule has 0 aliphatic carbocycles. The van der Waals surface area contributed by atoms with Gasteiger partial charge in [0.2, 0.25) is 5.95 Å². The van der Waals surface area contributed by atoms with Gasteiger partial charge in [-0.3, -0.25) is 10.2 Å². The average molecular weight is 349 g/mol. The van der Waals surface area contributed by atoms with Crippen molar-refractivity contribution in [2.45, 2.75) is 0 Å². The van der Waals surface area contributed by atoms with Crippen LogP contribution >= 0.6 is 0 Å². The first-order valence-electron chi connectivity index (χ1n) is 8.48. The molecule has 1 aliphatic heterocycles. The van der Waals surface area contributed by atoms with E-state index in [0.29, 0.717) is 24.6 Å². The fourth-order valence-corrected chi connectivity index (χ4v) is 2.86. The van der Waals surface area contributed by atoms with Crippen LogP contribution < -0.4 is 10.3 Å². The largest absolute Gasteiger partial charge is 0.338 e. The van der Waals surface area contributed by atoms with Crippen LogP contribution in [-0.2, 0) is 0 Å². The molecule has 26 heavy (non-hydrogen) atoms. The summed E-state index contributed by atoms with van der Waals surface area (Å²) < 4.78 is 0. The van der Waals surface area contributed by atoms with Crippen molar-refractivity contribution >= 4 is 11.9 Å². The van der Waals surface area contributed by atoms with E-state index in [1.54, 1.807) is 24.7 Å². The van der Waals surface area contributed by atoms with Gasteiger partial charge in [0.25, 0.3) is 5.91 Å². The van der Waals surface area contributed by atoms with Crippen LogP contribution in [-0.4, -0.2) is 57.0 Å². The Kier molecular flexibility index (Phi) is 4.57. The second-order valence-electron chi connectivity index (χ2n) is 5.98.